The van der Waals surface area contributed by atoms with Crippen molar-refractivity contribution in [3.63, 3.8) is 0 Å². The van der Waals surface area contributed by atoms with Crippen LogP contribution in [-0.4, -0.2) is 17.0 Å². The van der Waals surface area contributed by atoms with Gasteiger partial charge < -0.3 is 11.1 Å². The molecule has 0 fully saturated rings. The van der Waals surface area contributed by atoms with E-state index in [1.165, 1.54) is 0 Å². The molecule has 15 heavy (non-hydrogen) atoms. The monoisotopic (exact) mass is 214 g/mol. The minimum absolute atomic E-state index is 0.0927. The topological polar surface area (TPSA) is 55.1 Å². The third kappa shape index (κ3) is 8.43. The van der Waals surface area contributed by atoms with Crippen molar-refractivity contribution >= 4 is 5.91 Å². The molecule has 0 aliphatic carbocycles. The summed E-state index contributed by atoms with van der Waals surface area (Å²) in [5.41, 5.74) is 5.48. The summed E-state index contributed by atoms with van der Waals surface area (Å²) >= 11 is 0. The average Bonchev–Trinajstić information content (AvgIpc) is 1.98. The minimum atomic E-state index is -0.258. The van der Waals surface area contributed by atoms with E-state index in [1.54, 1.807) is 0 Å². The van der Waals surface area contributed by atoms with Crippen molar-refractivity contribution < 1.29 is 4.79 Å². The molecule has 0 atom stereocenters. The van der Waals surface area contributed by atoms with E-state index >= 15 is 0 Å². The van der Waals surface area contributed by atoms with Gasteiger partial charge in [0.15, 0.2) is 0 Å². The Morgan fingerprint density at radius 2 is 1.73 bits per heavy atom. The number of amides is 1. The van der Waals surface area contributed by atoms with Gasteiger partial charge in [-0.1, -0.05) is 13.3 Å². The maximum atomic E-state index is 11.6. The Morgan fingerprint density at radius 3 is 2.13 bits per heavy atom. The molecule has 1 amide bonds. The Balaban J connectivity index is 3.93. The summed E-state index contributed by atoms with van der Waals surface area (Å²) in [4.78, 5) is 11.6. The first-order valence-electron chi connectivity index (χ1n) is 5.76. The first kappa shape index (κ1) is 14.4. The zero-order valence-corrected chi connectivity index (χ0v) is 10.8. The van der Waals surface area contributed by atoms with Crippen LogP contribution >= 0.6 is 0 Å². The van der Waals surface area contributed by atoms with Crippen LogP contribution in [-0.2, 0) is 4.79 Å². The zero-order chi connectivity index (χ0) is 12.1. The minimum Gasteiger partial charge on any atom is -0.351 e. The second-order valence-corrected chi connectivity index (χ2v) is 5.67. The van der Waals surface area contributed by atoms with E-state index in [1.807, 2.05) is 13.8 Å². The molecule has 90 valence electrons. The molecule has 3 heteroatoms. The molecule has 0 saturated heterocycles. The first-order valence-corrected chi connectivity index (χ1v) is 5.76. The third-order valence-corrected chi connectivity index (χ3v) is 2.35. The first-order chi connectivity index (χ1) is 6.66. The molecule has 0 saturated carbocycles. The van der Waals surface area contributed by atoms with Crippen LogP contribution in [0.3, 0.4) is 0 Å². The molecule has 0 aromatic heterocycles. The Labute approximate surface area is 93.8 Å². The maximum Gasteiger partial charge on any atom is 0.220 e. The van der Waals surface area contributed by atoms with Gasteiger partial charge in [-0.25, -0.2) is 0 Å². The lowest BCUT2D eigenvalue weighted by molar-refractivity contribution is -0.123. The third-order valence-electron chi connectivity index (χ3n) is 2.35. The molecule has 0 radical (unpaired) electrons. The molecule has 0 heterocycles. The fourth-order valence-electron chi connectivity index (χ4n) is 1.56. The smallest absolute Gasteiger partial charge is 0.220 e. The van der Waals surface area contributed by atoms with Crippen molar-refractivity contribution in [3.8, 4) is 0 Å². The quantitative estimate of drug-likeness (QED) is 0.712. The van der Waals surface area contributed by atoms with Gasteiger partial charge in [-0.2, -0.15) is 0 Å². The summed E-state index contributed by atoms with van der Waals surface area (Å²) < 4.78 is 0. The lowest BCUT2D eigenvalue weighted by Crippen LogP contribution is -2.44. The fraction of sp³-hybridized carbons (Fsp3) is 0.917. The number of nitrogens with two attached hydrogens (primary N) is 1. The molecule has 0 bridgehead atoms. The van der Waals surface area contributed by atoms with Gasteiger partial charge in [-0.05, 0) is 40.5 Å². The lowest BCUT2D eigenvalue weighted by Gasteiger charge is -2.26. The summed E-state index contributed by atoms with van der Waals surface area (Å²) in [6.07, 6.45) is 3.32. The summed E-state index contributed by atoms with van der Waals surface area (Å²) in [5, 5.41) is 3.04. The van der Waals surface area contributed by atoms with Crippen LogP contribution in [0.25, 0.3) is 0 Å². The summed E-state index contributed by atoms with van der Waals surface area (Å²) in [6, 6.07) is 0. The molecular formula is C12H26N2O. The fourth-order valence-corrected chi connectivity index (χ4v) is 1.56. The molecule has 0 aliphatic rings. The standard InChI is InChI=1S/C12H26N2O/c1-6-8-12(4,5)14-10(15)7-9-11(2,3)13/h6-9,13H2,1-5H3,(H,14,15). The van der Waals surface area contributed by atoms with E-state index in [-0.39, 0.29) is 17.0 Å². The number of hydrogen-bond acceptors (Lipinski definition) is 2. The second kappa shape index (κ2) is 5.50. The molecular weight excluding hydrogens is 188 g/mol. The predicted octanol–water partition coefficient (Wildman–Crippen LogP) is 2.20. The van der Waals surface area contributed by atoms with E-state index in [9.17, 15) is 4.79 Å². The molecule has 0 aromatic rings. The highest BCUT2D eigenvalue weighted by Gasteiger charge is 2.20. The van der Waals surface area contributed by atoms with E-state index in [4.69, 9.17) is 5.73 Å². The lowest BCUT2D eigenvalue weighted by atomic mass is 9.96. The van der Waals surface area contributed by atoms with E-state index in [2.05, 4.69) is 26.1 Å². The molecule has 3 N–H and O–H groups in total. The molecule has 0 unspecified atom stereocenters. The number of rotatable bonds is 6. The van der Waals surface area contributed by atoms with Gasteiger partial charge >= 0.3 is 0 Å². The molecule has 0 aliphatic heterocycles. The van der Waals surface area contributed by atoms with Gasteiger partial charge in [-0.15, -0.1) is 0 Å². The van der Waals surface area contributed by atoms with Crippen molar-refractivity contribution in [1.82, 2.24) is 5.32 Å². The van der Waals surface area contributed by atoms with Gasteiger partial charge in [0.05, 0.1) is 0 Å². The maximum absolute atomic E-state index is 11.6. The summed E-state index contributed by atoms with van der Waals surface area (Å²) in [7, 11) is 0. The van der Waals surface area contributed by atoms with Crippen LogP contribution in [0.15, 0.2) is 0 Å². The van der Waals surface area contributed by atoms with Gasteiger partial charge in [-0.3, -0.25) is 4.79 Å². The Bertz CT molecular complexity index is 204. The van der Waals surface area contributed by atoms with Crippen LogP contribution in [0.5, 0.6) is 0 Å². The van der Waals surface area contributed by atoms with E-state index in [0.717, 1.165) is 19.3 Å². The Morgan fingerprint density at radius 1 is 1.20 bits per heavy atom. The van der Waals surface area contributed by atoms with Crippen molar-refractivity contribution in [1.29, 1.82) is 0 Å². The highest BCUT2D eigenvalue weighted by molar-refractivity contribution is 5.76. The highest BCUT2D eigenvalue weighted by Crippen LogP contribution is 2.12. The van der Waals surface area contributed by atoms with Gasteiger partial charge in [0.2, 0.25) is 5.91 Å². The molecule has 0 aromatic carbocycles. The predicted molar refractivity (Wildman–Crippen MR) is 64.6 cm³/mol. The number of carbonyl (C=O) groups is 1. The summed E-state index contributed by atoms with van der Waals surface area (Å²) in [6.45, 7) is 10.1. The number of carbonyl (C=O) groups excluding carboxylic acids is 1. The van der Waals surface area contributed by atoms with Gasteiger partial charge in [0, 0.05) is 17.5 Å². The van der Waals surface area contributed by atoms with Crippen molar-refractivity contribution in [3.05, 3.63) is 0 Å². The van der Waals surface area contributed by atoms with Crippen molar-refractivity contribution in [2.45, 2.75) is 71.4 Å². The molecule has 0 rings (SSSR count). The molecule has 0 spiro atoms. The highest BCUT2D eigenvalue weighted by atomic mass is 16.1. The van der Waals surface area contributed by atoms with Gasteiger partial charge in [0.25, 0.3) is 0 Å². The van der Waals surface area contributed by atoms with Crippen molar-refractivity contribution in [2.75, 3.05) is 0 Å². The van der Waals surface area contributed by atoms with Crippen LogP contribution in [0.1, 0.15) is 60.3 Å². The van der Waals surface area contributed by atoms with E-state index in [0.29, 0.717) is 6.42 Å². The summed E-state index contributed by atoms with van der Waals surface area (Å²) in [5.74, 6) is 0.104. The zero-order valence-electron chi connectivity index (χ0n) is 10.8. The van der Waals surface area contributed by atoms with E-state index < -0.39 is 0 Å². The number of hydrogen-bond donors (Lipinski definition) is 2. The Hall–Kier alpha value is -0.570. The van der Waals surface area contributed by atoms with Crippen LogP contribution in [0.2, 0.25) is 0 Å². The van der Waals surface area contributed by atoms with Crippen LogP contribution in [0.4, 0.5) is 0 Å². The van der Waals surface area contributed by atoms with Crippen LogP contribution in [0, 0.1) is 0 Å². The SMILES string of the molecule is CCCC(C)(C)NC(=O)CCC(C)(C)N. The normalized spacial score (nSPS) is 12.7. The Kier molecular flexibility index (Phi) is 5.29. The number of nitrogens with one attached hydrogen (secondary N) is 1. The molecule has 3 nitrogen and oxygen atoms in total. The largest absolute Gasteiger partial charge is 0.351 e. The van der Waals surface area contributed by atoms with Gasteiger partial charge in [0.1, 0.15) is 0 Å². The average molecular weight is 214 g/mol. The van der Waals surface area contributed by atoms with Crippen LogP contribution < -0.4 is 11.1 Å². The van der Waals surface area contributed by atoms with Crippen molar-refractivity contribution in [2.24, 2.45) is 5.73 Å². The second-order valence-electron chi connectivity index (χ2n) is 5.67.